The summed E-state index contributed by atoms with van der Waals surface area (Å²) in [5.41, 5.74) is 0.994. The molecule has 2 aromatic rings. The van der Waals surface area contributed by atoms with Crippen LogP contribution in [0, 0.1) is 11.3 Å². The minimum atomic E-state index is -0.139. The number of rotatable bonds is 4. The van der Waals surface area contributed by atoms with Crippen LogP contribution in [0.25, 0.3) is 0 Å². The Morgan fingerprint density at radius 2 is 2.08 bits per heavy atom. The van der Waals surface area contributed by atoms with E-state index in [1.54, 1.807) is 41.3 Å². The van der Waals surface area contributed by atoms with Crippen molar-refractivity contribution in [3.63, 3.8) is 0 Å². The fourth-order valence-corrected chi connectivity index (χ4v) is 2.77. The zero-order chi connectivity index (χ0) is 17.6. The smallest absolute Gasteiger partial charge is 0.254 e. The number of likely N-dealkylation sites (tertiary alicyclic amines) is 1. The molecule has 0 spiro atoms. The Morgan fingerprint density at radius 1 is 1.28 bits per heavy atom. The van der Waals surface area contributed by atoms with Gasteiger partial charge in [-0.15, -0.1) is 10.2 Å². The van der Waals surface area contributed by atoms with Gasteiger partial charge in [-0.3, -0.25) is 4.79 Å². The van der Waals surface area contributed by atoms with Crippen molar-refractivity contribution in [1.29, 1.82) is 5.26 Å². The number of nitriles is 1. The molecule has 3 rings (SSSR count). The van der Waals surface area contributed by atoms with Crippen LogP contribution in [0.4, 0.5) is 0 Å². The number of ether oxygens (including phenoxy) is 2. The quantitative estimate of drug-likeness (QED) is 0.847. The molecule has 0 radical (unpaired) electrons. The first-order chi connectivity index (χ1) is 12.2. The average Bonchev–Trinajstić information content (AvgIpc) is 2.68. The van der Waals surface area contributed by atoms with E-state index in [0.29, 0.717) is 36.0 Å². The first-order valence-electron chi connectivity index (χ1n) is 8.03. The number of benzene rings is 1. The summed E-state index contributed by atoms with van der Waals surface area (Å²) in [4.78, 5) is 14.4. The lowest BCUT2D eigenvalue weighted by molar-refractivity contribution is 0.0525. The van der Waals surface area contributed by atoms with E-state index in [9.17, 15) is 4.79 Å². The molecule has 1 aliphatic rings. The van der Waals surface area contributed by atoms with Crippen LogP contribution >= 0.6 is 0 Å². The molecule has 1 fully saturated rings. The van der Waals surface area contributed by atoms with Crippen LogP contribution in [0.15, 0.2) is 36.4 Å². The molecule has 1 unspecified atom stereocenters. The summed E-state index contributed by atoms with van der Waals surface area (Å²) in [6, 6.07) is 12.2. The van der Waals surface area contributed by atoms with Crippen LogP contribution in [0.2, 0.25) is 0 Å². The molecule has 2 heterocycles. The number of carbonyl (C=O) groups excluding carboxylic acids is 1. The molecule has 1 amide bonds. The Kier molecular flexibility index (Phi) is 5.09. The molecule has 1 aliphatic heterocycles. The molecule has 1 saturated heterocycles. The Hall–Kier alpha value is -3.14. The molecule has 7 nitrogen and oxygen atoms in total. The van der Waals surface area contributed by atoms with E-state index in [2.05, 4.69) is 16.3 Å². The summed E-state index contributed by atoms with van der Waals surface area (Å²) in [7, 11) is 1.52. The fraction of sp³-hybridized carbons (Fsp3) is 0.333. The summed E-state index contributed by atoms with van der Waals surface area (Å²) in [6.07, 6.45) is 1.55. The van der Waals surface area contributed by atoms with Crippen LogP contribution < -0.4 is 9.47 Å². The highest BCUT2D eigenvalue weighted by molar-refractivity contribution is 5.94. The molecule has 1 aromatic carbocycles. The van der Waals surface area contributed by atoms with Gasteiger partial charge in [0, 0.05) is 24.2 Å². The molecule has 1 atom stereocenters. The van der Waals surface area contributed by atoms with E-state index < -0.39 is 0 Å². The Balaban J connectivity index is 1.65. The normalized spacial score (nSPS) is 16.8. The topological polar surface area (TPSA) is 88.3 Å². The molecule has 1 aromatic heterocycles. The summed E-state index contributed by atoms with van der Waals surface area (Å²) in [5.74, 6) is 0.739. The Morgan fingerprint density at radius 3 is 2.80 bits per heavy atom. The van der Waals surface area contributed by atoms with Gasteiger partial charge in [0.15, 0.2) is 0 Å². The van der Waals surface area contributed by atoms with Gasteiger partial charge in [0.1, 0.15) is 6.10 Å². The fourth-order valence-electron chi connectivity index (χ4n) is 2.77. The van der Waals surface area contributed by atoms with Crippen molar-refractivity contribution in [2.24, 2.45) is 0 Å². The van der Waals surface area contributed by atoms with Gasteiger partial charge >= 0.3 is 0 Å². The maximum absolute atomic E-state index is 12.7. The Labute approximate surface area is 145 Å². The van der Waals surface area contributed by atoms with E-state index >= 15 is 0 Å². The van der Waals surface area contributed by atoms with E-state index in [4.69, 9.17) is 14.7 Å². The van der Waals surface area contributed by atoms with E-state index in [1.165, 1.54) is 7.11 Å². The number of methoxy groups -OCH3 is 1. The van der Waals surface area contributed by atoms with Crippen molar-refractivity contribution < 1.29 is 14.3 Å². The van der Waals surface area contributed by atoms with Gasteiger partial charge < -0.3 is 14.4 Å². The number of aromatic nitrogens is 2. The molecular formula is C18H18N4O3. The van der Waals surface area contributed by atoms with Gasteiger partial charge in [-0.2, -0.15) is 5.26 Å². The number of amides is 1. The maximum atomic E-state index is 12.7. The Bertz CT molecular complexity index is 786. The minimum absolute atomic E-state index is 0.0915. The standard InChI is InChI=1S/C18H18N4O3/c1-24-16-7-8-17(21-20-16)25-15-6-3-9-22(12-15)18(23)14-5-2-4-13(10-14)11-19/h2,4-5,7-8,10,15H,3,6,9,12H2,1H3. The lowest BCUT2D eigenvalue weighted by atomic mass is 10.1. The summed E-state index contributed by atoms with van der Waals surface area (Å²) in [6.45, 7) is 1.15. The van der Waals surface area contributed by atoms with Gasteiger partial charge in [0.25, 0.3) is 5.91 Å². The van der Waals surface area contributed by atoms with E-state index in [-0.39, 0.29) is 12.0 Å². The molecule has 0 N–H and O–H groups in total. The van der Waals surface area contributed by atoms with Crippen LogP contribution in [-0.4, -0.2) is 47.3 Å². The van der Waals surface area contributed by atoms with Gasteiger partial charge in [-0.1, -0.05) is 6.07 Å². The second kappa shape index (κ2) is 7.62. The molecular weight excluding hydrogens is 320 g/mol. The van der Waals surface area contributed by atoms with Crippen molar-refractivity contribution in [2.75, 3.05) is 20.2 Å². The second-order valence-electron chi connectivity index (χ2n) is 5.74. The van der Waals surface area contributed by atoms with Crippen LogP contribution in [0.1, 0.15) is 28.8 Å². The average molecular weight is 338 g/mol. The second-order valence-corrected chi connectivity index (χ2v) is 5.74. The molecule has 7 heteroatoms. The minimum Gasteiger partial charge on any atom is -0.480 e. The number of hydrogen-bond donors (Lipinski definition) is 0. The predicted molar refractivity (Wildman–Crippen MR) is 89.3 cm³/mol. The third-order valence-electron chi connectivity index (χ3n) is 4.02. The molecule has 0 saturated carbocycles. The molecule has 0 aliphatic carbocycles. The summed E-state index contributed by atoms with van der Waals surface area (Å²) >= 11 is 0. The van der Waals surface area contributed by atoms with Gasteiger partial charge in [0.05, 0.1) is 25.3 Å². The van der Waals surface area contributed by atoms with Gasteiger partial charge in [-0.05, 0) is 31.0 Å². The van der Waals surface area contributed by atoms with Crippen molar-refractivity contribution in [2.45, 2.75) is 18.9 Å². The van der Waals surface area contributed by atoms with Crippen LogP contribution in [-0.2, 0) is 0 Å². The number of hydrogen-bond acceptors (Lipinski definition) is 6. The lowest BCUT2D eigenvalue weighted by Gasteiger charge is -2.32. The highest BCUT2D eigenvalue weighted by atomic mass is 16.5. The largest absolute Gasteiger partial charge is 0.480 e. The predicted octanol–water partition coefficient (Wildman–Crippen LogP) is 2.04. The molecule has 25 heavy (non-hydrogen) atoms. The highest BCUT2D eigenvalue weighted by Crippen LogP contribution is 2.19. The third-order valence-corrected chi connectivity index (χ3v) is 4.02. The van der Waals surface area contributed by atoms with Crippen molar-refractivity contribution in [3.05, 3.63) is 47.5 Å². The van der Waals surface area contributed by atoms with Gasteiger partial charge in [0.2, 0.25) is 11.8 Å². The van der Waals surface area contributed by atoms with Gasteiger partial charge in [-0.25, -0.2) is 0 Å². The first kappa shape index (κ1) is 16.7. The number of piperidine rings is 1. The highest BCUT2D eigenvalue weighted by Gasteiger charge is 2.26. The summed E-state index contributed by atoms with van der Waals surface area (Å²) < 4.78 is 10.8. The number of nitrogens with zero attached hydrogens (tertiary/aromatic N) is 4. The van der Waals surface area contributed by atoms with E-state index in [0.717, 1.165) is 12.8 Å². The van der Waals surface area contributed by atoms with Crippen molar-refractivity contribution in [3.8, 4) is 17.8 Å². The third kappa shape index (κ3) is 4.04. The zero-order valence-electron chi connectivity index (χ0n) is 13.9. The summed E-state index contributed by atoms with van der Waals surface area (Å²) in [5, 5.41) is 16.8. The van der Waals surface area contributed by atoms with Crippen molar-refractivity contribution >= 4 is 5.91 Å². The maximum Gasteiger partial charge on any atom is 0.254 e. The van der Waals surface area contributed by atoms with Crippen LogP contribution in [0.5, 0.6) is 11.8 Å². The first-order valence-corrected chi connectivity index (χ1v) is 8.03. The number of carbonyl (C=O) groups is 1. The lowest BCUT2D eigenvalue weighted by Crippen LogP contribution is -2.44. The SMILES string of the molecule is COc1ccc(OC2CCCN(C(=O)c3cccc(C#N)c3)C2)nn1. The van der Waals surface area contributed by atoms with Crippen LogP contribution in [0.3, 0.4) is 0 Å². The van der Waals surface area contributed by atoms with E-state index in [1.807, 2.05) is 0 Å². The van der Waals surface area contributed by atoms with Crippen molar-refractivity contribution in [1.82, 2.24) is 15.1 Å². The molecule has 128 valence electrons. The monoisotopic (exact) mass is 338 g/mol. The molecule has 0 bridgehead atoms. The zero-order valence-corrected chi connectivity index (χ0v) is 13.9.